The fourth-order valence-electron chi connectivity index (χ4n) is 4.15. The van der Waals surface area contributed by atoms with Crippen LogP contribution in [0.15, 0.2) is 48.5 Å². The van der Waals surface area contributed by atoms with Gasteiger partial charge in [0, 0.05) is 29.3 Å². The van der Waals surface area contributed by atoms with Crippen LogP contribution in [0.3, 0.4) is 0 Å². The van der Waals surface area contributed by atoms with E-state index in [9.17, 15) is 14.0 Å². The summed E-state index contributed by atoms with van der Waals surface area (Å²) in [4.78, 5) is 29.9. The van der Waals surface area contributed by atoms with Crippen molar-refractivity contribution in [2.45, 2.75) is 57.8 Å². The Morgan fingerprint density at radius 2 is 1.89 bits per heavy atom. The lowest BCUT2D eigenvalue weighted by Gasteiger charge is -2.34. The molecule has 3 aromatic rings. The molecule has 2 heterocycles. The number of benzene rings is 2. The summed E-state index contributed by atoms with van der Waals surface area (Å²) < 4.78 is 19.5. The zero-order valence-corrected chi connectivity index (χ0v) is 21.8. The second kappa shape index (κ2) is 11.4. The monoisotopic (exact) mass is 528 g/mol. The van der Waals surface area contributed by atoms with Crippen LogP contribution < -0.4 is 5.32 Å². The van der Waals surface area contributed by atoms with Crippen LogP contribution in [-0.2, 0) is 20.9 Å². The first-order valence-corrected chi connectivity index (χ1v) is 12.5. The van der Waals surface area contributed by atoms with Gasteiger partial charge in [0.1, 0.15) is 18.4 Å². The minimum absolute atomic E-state index is 0.192. The van der Waals surface area contributed by atoms with Crippen LogP contribution in [0, 0.1) is 5.82 Å². The zero-order valence-electron chi connectivity index (χ0n) is 21.0. The molecular formula is C26H30ClFN6O3. The molecule has 2 aromatic carbocycles. The number of halogens is 2. The summed E-state index contributed by atoms with van der Waals surface area (Å²) in [6.07, 6.45) is 1.42. The van der Waals surface area contributed by atoms with E-state index in [2.05, 4.69) is 20.7 Å². The van der Waals surface area contributed by atoms with E-state index in [0.717, 1.165) is 12.8 Å². The summed E-state index contributed by atoms with van der Waals surface area (Å²) in [5.41, 5.74) is 0.644. The predicted octanol–water partition coefficient (Wildman–Crippen LogP) is 3.80. The second-order valence-electron chi connectivity index (χ2n) is 10.0. The van der Waals surface area contributed by atoms with Crippen molar-refractivity contribution in [3.63, 3.8) is 0 Å². The van der Waals surface area contributed by atoms with Crippen molar-refractivity contribution < 1.29 is 18.7 Å². The lowest BCUT2D eigenvalue weighted by molar-refractivity contribution is -0.144. The third-order valence-corrected chi connectivity index (χ3v) is 6.07. The Morgan fingerprint density at radius 1 is 1.19 bits per heavy atom. The Labute approximate surface area is 219 Å². The molecule has 1 saturated heterocycles. The van der Waals surface area contributed by atoms with Crippen molar-refractivity contribution in [3.05, 3.63) is 64.9 Å². The largest absolute Gasteiger partial charge is 0.376 e. The van der Waals surface area contributed by atoms with Crippen LogP contribution in [0.2, 0.25) is 5.02 Å². The molecule has 11 heteroatoms. The zero-order chi connectivity index (χ0) is 26.6. The van der Waals surface area contributed by atoms with Crippen LogP contribution in [0.1, 0.15) is 45.2 Å². The topological polar surface area (TPSA) is 102 Å². The van der Waals surface area contributed by atoms with Gasteiger partial charge in [-0.15, -0.1) is 10.2 Å². The number of nitrogens with zero attached hydrogens (tertiary/aromatic N) is 5. The van der Waals surface area contributed by atoms with Crippen molar-refractivity contribution in [1.29, 1.82) is 0 Å². The number of carbonyl (C=O) groups excluding carboxylic acids is 2. The van der Waals surface area contributed by atoms with Gasteiger partial charge in [-0.1, -0.05) is 23.7 Å². The molecule has 0 radical (unpaired) electrons. The average Bonchev–Trinajstić information content (AvgIpc) is 3.51. The number of rotatable bonds is 8. The molecule has 9 nitrogen and oxygen atoms in total. The van der Waals surface area contributed by atoms with Crippen molar-refractivity contribution in [2.24, 2.45) is 0 Å². The predicted molar refractivity (Wildman–Crippen MR) is 136 cm³/mol. The number of aromatic nitrogens is 4. The summed E-state index contributed by atoms with van der Waals surface area (Å²) in [6.45, 7) is 6.12. The van der Waals surface area contributed by atoms with E-state index in [1.165, 1.54) is 34.0 Å². The van der Waals surface area contributed by atoms with E-state index in [1.807, 2.05) is 20.8 Å². The van der Waals surface area contributed by atoms with Crippen LogP contribution in [0.4, 0.5) is 4.39 Å². The number of amides is 2. The summed E-state index contributed by atoms with van der Waals surface area (Å²) in [7, 11) is 0. The SMILES string of the molecule is CC(C)(C)NC(=O)[C@H](c1ccc(F)cc1)N(C[C@@H]1CCCO1)C(=O)Cn1nnc(-c2ccc(Cl)cc2)n1. The molecule has 0 saturated carbocycles. The summed E-state index contributed by atoms with van der Waals surface area (Å²) in [5.74, 6) is -0.860. The second-order valence-corrected chi connectivity index (χ2v) is 10.5. The first-order valence-electron chi connectivity index (χ1n) is 12.1. The van der Waals surface area contributed by atoms with E-state index >= 15 is 0 Å². The Morgan fingerprint density at radius 3 is 2.51 bits per heavy atom. The van der Waals surface area contributed by atoms with Crippen LogP contribution >= 0.6 is 11.6 Å². The molecule has 0 aliphatic carbocycles. The van der Waals surface area contributed by atoms with Crippen molar-refractivity contribution in [3.8, 4) is 11.4 Å². The van der Waals surface area contributed by atoms with Gasteiger partial charge in [-0.3, -0.25) is 9.59 Å². The molecule has 1 N–H and O–H groups in total. The van der Waals surface area contributed by atoms with Gasteiger partial charge in [0.05, 0.1) is 6.10 Å². The number of hydrogen-bond acceptors (Lipinski definition) is 6. The summed E-state index contributed by atoms with van der Waals surface area (Å²) in [5, 5.41) is 16.0. The van der Waals surface area contributed by atoms with Crippen LogP contribution in [-0.4, -0.2) is 61.7 Å². The number of nitrogens with one attached hydrogen (secondary N) is 1. The fraction of sp³-hybridized carbons (Fsp3) is 0.423. The van der Waals surface area contributed by atoms with Gasteiger partial charge in [0.25, 0.3) is 0 Å². The van der Waals surface area contributed by atoms with Gasteiger partial charge in [0.2, 0.25) is 17.6 Å². The normalized spacial score (nSPS) is 16.4. The maximum atomic E-state index is 13.7. The fourth-order valence-corrected chi connectivity index (χ4v) is 4.28. The molecule has 1 fully saturated rings. The average molecular weight is 529 g/mol. The van der Waals surface area contributed by atoms with Crippen LogP contribution in [0.5, 0.6) is 0 Å². The molecule has 0 bridgehead atoms. The molecule has 196 valence electrons. The highest BCUT2D eigenvalue weighted by atomic mass is 35.5. The van der Waals surface area contributed by atoms with Gasteiger partial charge >= 0.3 is 0 Å². The van der Waals surface area contributed by atoms with Gasteiger partial charge in [-0.2, -0.15) is 4.80 Å². The molecule has 4 rings (SSSR count). The third kappa shape index (κ3) is 7.11. The Kier molecular flexibility index (Phi) is 8.19. The molecule has 0 spiro atoms. The molecular weight excluding hydrogens is 499 g/mol. The highest BCUT2D eigenvalue weighted by Crippen LogP contribution is 2.26. The van der Waals surface area contributed by atoms with E-state index < -0.39 is 23.3 Å². The summed E-state index contributed by atoms with van der Waals surface area (Å²) in [6, 6.07) is 11.5. The Balaban J connectivity index is 1.64. The third-order valence-electron chi connectivity index (χ3n) is 5.82. The smallest absolute Gasteiger partial charge is 0.247 e. The molecule has 37 heavy (non-hydrogen) atoms. The number of tetrazole rings is 1. The minimum atomic E-state index is -1.00. The highest BCUT2D eigenvalue weighted by Gasteiger charge is 2.36. The molecule has 1 aromatic heterocycles. The van der Waals surface area contributed by atoms with E-state index in [4.69, 9.17) is 16.3 Å². The highest BCUT2D eigenvalue weighted by molar-refractivity contribution is 6.30. The molecule has 1 aliphatic heterocycles. The van der Waals surface area contributed by atoms with Gasteiger partial charge in [0.15, 0.2) is 0 Å². The van der Waals surface area contributed by atoms with E-state index in [-0.39, 0.29) is 25.1 Å². The lowest BCUT2D eigenvalue weighted by Crippen LogP contribution is -2.51. The van der Waals surface area contributed by atoms with Crippen LogP contribution in [0.25, 0.3) is 11.4 Å². The molecule has 1 aliphatic rings. The standard InChI is InChI=1S/C26H30ClFN6O3/c1-26(2,3)29-25(36)23(17-8-12-20(28)13-9-17)33(15-21-5-4-14-37-21)22(35)16-34-31-24(30-32-34)18-6-10-19(27)11-7-18/h6-13,21,23H,4-5,14-16H2,1-3H3,(H,29,36)/t21-,23-/m0/s1. The van der Waals surface area contributed by atoms with Crippen molar-refractivity contribution >= 4 is 23.4 Å². The quantitative estimate of drug-likeness (QED) is 0.477. The van der Waals surface area contributed by atoms with E-state index in [0.29, 0.717) is 28.6 Å². The van der Waals surface area contributed by atoms with Crippen molar-refractivity contribution in [2.75, 3.05) is 13.2 Å². The maximum absolute atomic E-state index is 13.7. The van der Waals surface area contributed by atoms with Crippen molar-refractivity contribution in [1.82, 2.24) is 30.4 Å². The summed E-state index contributed by atoms with van der Waals surface area (Å²) >= 11 is 5.96. The Bertz CT molecular complexity index is 1220. The maximum Gasteiger partial charge on any atom is 0.247 e. The first-order chi connectivity index (χ1) is 17.6. The number of hydrogen-bond donors (Lipinski definition) is 1. The van der Waals surface area contributed by atoms with Gasteiger partial charge in [-0.25, -0.2) is 4.39 Å². The molecule has 2 amide bonds. The number of carbonyl (C=O) groups is 2. The van der Waals surface area contributed by atoms with Gasteiger partial charge in [-0.05, 0) is 80.8 Å². The number of ether oxygens (including phenoxy) is 1. The van der Waals surface area contributed by atoms with Gasteiger partial charge < -0.3 is 15.0 Å². The van der Waals surface area contributed by atoms with E-state index in [1.54, 1.807) is 24.3 Å². The lowest BCUT2D eigenvalue weighted by atomic mass is 10.0. The minimum Gasteiger partial charge on any atom is -0.376 e. The Hall–Kier alpha value is -3.37. The first kappa shape index (κ1) is 26.7. The molecule has 0 unspecified atom stereocenters. The molecule has 2 atom stereocenters.